The van der Waals surface area contributed by atoms with Crippen LogP contribution in [0, 0.1) is 12.8 Å². The summed E-state index contributed by atoms with van der Waals surface area (Å²) in [5.41, 5.74) is 1.55. The fourth-order valence-corrected chi connectivity index (χ4v) is 5.23. The topological polar surface area (TPSA) is 66.4 Å². The van der Waals surface area contributed by atoms with Crippen LogP contribution in [0.25, 0.3) is 10.7 Å². The highest BCUT2D eigenvalue weighted by atomic mass is 32.1. The highest BCUT2D eigenvalue weighted by molar-refractivity contribution is 7.17. The lowest BCUT2D eigenvalue weighted by Gasteiger charge is -2.34. The number of amides is 2. The Labute approximate surface area is 176 Å². The molecule has 0 bridgehead atoms. The maximum absolute atomic E-state index is 13.1. The van der Waals surface area contributed by atoms with E-state index in [2.05, 4.69) is 14.9 Å². The summed E-state index contributed by atoms with van der Waals surface area (Å²) in [6.07, 6.45) is 7.94. The van der Waals surface area contributed by atoms with Crippen LogP contribution >= 0.6 is 11.3 Å². The van der Waals surface area contributed by atoms with E-state index in [-0.39, 0.29) is 11.8 Å². The van der Waals surface area contributed by atoms with Gasteiger partial charge in [-0.15, -0.1) is 11.3 Å². The number of piperidine rings is 1. The summed E-state index contributed by atoms with van der Waals surface area (Å²) in [5, 5.41) is 0.776. The van der Waals surface area contributed by atoms with Gasteiger partial charge in [0, 0.05) is 38.3 Å². The summed E-state index contributed by atoms with van der Waals surface area (Å²) in [7, 11) is 0. The van der Waals surface area contributed by atoms with Crippen LogP contribution < -0.4 is 0 Å². The zero-order chi connectivity index (χ0) is 20.2. The minimum absolute atomic E-state index is 0.0304. The molecule has 0 unspecified atom stereocenters. The summed E-state index contributed by atoms with van der Waals surface area (Å²) in [6, 6.07) is 5.70. The number of hydrogen-bond donors (Lipinski definition) is 0. The molecule has 2 aliphatic heterocycles. The Morgan fingerprint density at radius 1 is 1.00 bits per heavy atom. The lowest BCUT2D eigenvalue weighted by Crippen LogP contribution is -2.44. The molecule has 0 radical (unpaired) electrons. The standard InChI is InChI=1S/C22H28N4O2S/c1-16-19(29-20(24-16)18-8-4-5-11-23-18)22(28)26-14-9-17(10-15-26)21(27)25-12-6-2-3-7-13-25/h4-5,8,11,17H,2-3,6-7,9-10,12-15H2,1H3. The third kappa shape index (κ3) is 4.50. The summed E-state index contributed by atoms with van der Waals surface area (Å²) < 4.78 is 0. The predicted molar refractivity (Wildman–Crippen MR) is 114 cm³/mol. The highest BCUT2D eigenvalue weighted by Gasteiger charge is 2.32. The normalized spacial score (nSPS) is 18.5. The quantitative estimate of drug-likeness (QED) is 0.770. The number of aryl methyl sites for hydroxylation is 1. The molecule has 2 aliphatic rings. The van der Waals surface area contributed by atoms with E-state index >= 15 is 0 Å². The van der Waals surface area contributed by atoms with Gasteiger partial charge in [0.05, 0.1) is 11.4 Å². The fraction of sp³-hybridized carbons (Fsp3) is 0.545. The molecule has 4 rings (SSSR count). The molecular formula is C22H28N4O2S. The van der Waals surface area contributed by atoms with Crippen LogP contribution in [0.2, 0.25) is 0 Å². The van der Waals surface area contributed by atoms with Crippen molar-refractivity contribution in [3.05, 3.63) is 35.0 Å². The number of pyridine rings is 1. The molecule has 0 atom stereocenters. The van der Waals surface area contributed by atoms with E-state index in [0.717, 1.165) is 55.2 Å². The van der Waals surface area contributed by atoms with E-state index in [1.165, 1.54) is 24.2 Å². The molecular weight excluding hydrogens is 384 g/mol. The molecule has 0 saturated carbocycles. The third-order valence-corrected chi connectivity index (χ3v) is 7.09. The lowest BCUT2D eigenvalue weighted by atomic mass is 9.95. The van der Waals surface area contributed by atoms with Crippen molar-refractivity contribution in [1.82, 2.24) is 19.8 Å². The zero-order valence-corrected chi connectivity index (χ0v) is 17.8. The fourth-order valence-electron chi connectivity index (χ4n) is 4.22. The van der Waals surface area contributed by atoms with Gasteiger partial charge in [-0.2, -0.15) is 0 Å². The molecule has 2 fully saturated rings. The Hall–Kier alpha value is -2.28. The lowest BCUT2D eigenvalue weighted by molar-refractivity contribution is -0.136. The largest absolute Gasteiger partial charge is 0.342 e. The van der Waals surface area contributed by atoms with E-state index in [9.17, 15) is 9.59 Å². The third-order valence-electron chi connectivity index (χ3n) is 5.92. The molecule has 0 N–H and O–H groups in total. The van der Waals surface area contributed by atoms with Gasteiger partial charge in [0.15, 0.2) is 0 Å². The Morgan fingerprint density at radius 2 is 1.72 bits per heavy atom. The van der Waals surface area contributed by atoms with Gasteiger partial charge in [0.1, 0.15) is 9.88 Å². The van der Waals surface area contributed by atoms with Gasteiger partial charge >= 0.3 is 0 Å². The minimum Gasteiger partial charge on any atom is -0.342 e. The first-order valence-electron chi connectivity index (χ1n) is 10.6. The molecule has 2 amide bonds. The van der Waals surface area contributed by atoms with Crippen LogP contribution in [-0.2, 0) is 4.79 Å². The van der Waals surface area contributed by atoms with Gasteiger partial charge < -0.3 is 9.80 Å². The monoisotopic (exact) mass is 412 g/mol. The molecule has 0 spiro atoms. The van der Waals surface area contributed by atoms with Gasteiger partial charge in [-0.05, 0) is 44.7 Å². The summed E-state index contributed by atoms with van der Waals surface area (Å²) in [4.78, 5) is 39.5. The van der Waals surface area contributed by atoms with Crippen LogP contribution in [0.4, 0.5) is 0 Å². The van der Waals surface area contributed by atoms with E-state index in [1.54, 1.807) is 6.20 Å². The second-order valence-electron chi connectivity index (χ2n) is 7.95. The minimum atomic E-state index is 0.0304. The van der Waals surface area contributed by atoms with Crippen molar-refractivity contribution in [2.45, 2.75) is 45.4 Å². The van der Waals surface area contributed by atoms with E-state index in [0.29, 0.717) is 23.9 Å². The van der Waals surface area contributed by atoms with Gasteiger partial charge in [0.2, 0.25) is 5.91 Å². The zero-order valence-electron chi connectivity index (χ0n) is 17.0. The Kier molecular flexibility index (Phi) is 6.23. The molecule has 154 valence electrons. The van der Waals surface area contributed by atoms with Crippen molar-refractivity contribution < 1.29 is 9.59 Å². The Balaban J connectivity index is 1.38. The van der Waals surface area contributed by atoms with Crippen LogP contribution in [0.5, 0.6) is 0 Å². The first kappa shape index (κ1) is 20.0. The summed E-state index contributed by atoms with van der Waals surface area (Å²) >= 11 is 1.41. The molecule has 6 nitrogen and oxygen atoms in total. The predicted octanol–water partition coefficient (Wildman–Crippen LogP) is 3.77. The average molecular weight is 413 g/mol. The number of thiazole rings is 1. The van der Waals surface area contributed by atoms with Crippen molar-refractivity contribution >= 4 is 23.2 Å². The van der Waals surface area contributed by atoms with Crippen molar-refractivity contribution in [3.8, 4) is 10.7 Å². The van der Waals surface area contributed by atoms with E-state index < -0.39 is 0 Å². The number of nitrogens with zero attached hydrogens (tertiary/aromatic N) is 4. The molecule has 0 aromatic carbocycles. The van der Waals surface area contributed by atoms with E-state index in [1.807, 2.05) is 30.0 Å². The smallest absolute Gasteiger partial charge is 0.265 e. The Morgan fingerprint density at radius 3 is 2.38 bits per heavy atom. The number of rotatable bonds is 3. The Bertz CT molecular complexity index is 851. The number of carbonyl (C=O) groups is 2. The summed E-state index contributed by atoms with van der Waals surface area (Å²) in [6.45, 7) is 4.95. The van der Waals surface area contributed by atoms with Crippen molar-refractivity contribution in [2.24, 2.45) is 5.92 Å². The van der Waals surface area contributed by atoms with Crippen LogP contribution in [0.3, 0.4) is 0 Å². The second-order valence-corrected chi connectivity index (χ2v) is 8.95. The number of hydrogen-bond acceptors (Lipinski definition) is 5. The van der Waals surface area contributed by atoms with Crippen LogP contribution in [0.1, 0.15) is 53.9 Å². The number of carbonyl (C=O) groups excluding carboxylic acids is 2. The SMILES string of the molecule is Cc1nc(-c2ccccn2)sc1C(=O)N1CCC(C(=O)N2CCCCCC2)CC1. The average Bonchev–Trinajstić information content (AvgIpc) is 2.97. The van der Waals surface area contributed by atoms with Crippen LogP contribution in [-0.4, -0.2) is 57.8 Å². The molecule has 29 heavy (non-hydrogen) atoms. The highest BCUT2D eigenvalue weighted by Crippen LogP contribution is 2.29. The van der Waals surface area contributed by atoms with Crippen LogP contribution in [0.15, 0.2) is 24.4 Å². The van der Waals surface area contributed by atoms with E-state index in [4.69, 9.17) is 0 Å². The van der Waals surface area contributed by atoms with Gasteiger partial charge in [-0.1, -0.05) is 18.9 Å². The van der Waals surface area contributed by atoms with Gasteiger partial charge in [-0.3, -0.25) is 14.6 Å². The van der Waals surface area contributed by atoms with Crippen molar-refractivity contribution in [1.29, 1.82) is 0 Å². The molecule has 2 aromatic rings. The summed E-state index contributed by atoms with van der Waals surface area (Å²) in [5.74, 6) is 0.386. The molecule has 2 saturated heterocycles. The molecule has 0 aliphatic carbocycles. The van der Waals surface area contributed by atoms with Gasteiger partial charge in [0.25, 0.3) is 5.91 Å². The number of aromatic nitrogens is 2. The van der Waals surface area contributed by atoms with Crippen molar-refractivity contribution in [2.75, 3.05) is 26.2 Å². The van der Waals surface area contributed by atoms with Crippen molar-refractivity contribution in [3.63, 3.8) is 0 Å². The maximum Gasteiger partial charge on any atom is 0.265 e. The first-order valence-corrected chi connectivity index (χ1v) is 11.4. The first-order chi connectivity index (χ1) is 14.1. The second kappa shape index (κ2) is 9.03. The van der Waals surface area contributed by atoms with Gasteiger partial charge in [-0.25, -0.2) is 4.98 Å². The number of likely N-dealkylation sites (tertiary alicyclic amines) is 2. The molecule has 7 heteroatoms. The maximum atomic E-state index is 13.1. The molecule has 4 heterocycles. The molecule has 2 aromatic heterocycles.